The number of hydrogen-bond acceptors (Lipinski definition) is 3. The largest absolute Gasteiger partial charge is 0.486 e. The lowest BCUT2D eigenvalue weighted by Gasteiger charge is -2.12. The maximum atomic E-state index is 12.8. The van der Waals surface area contributed by atoms with Gasteiger partial charge in [-0.15, -0.1) is 0 Å². The fraction of sp³-hybridized carbons (Fsp3) is 0.0435. The number of benzene rings is 3. The van der Waals surface area contributed by atoms with Crippen molar-refractivity contribution < 1.29 is 14.3 Å². The Morgan fingerprint density at radius 1 is 0.969 bits per heavy atom. The van der Waals surface area contributed by atoms with Gasteiger partial charge < -0.3 is 10.1 Å². The molecule has 0 saturated carbocycles. The third-order valence-electron chi connectivity index (χ3n) is 4.59. The lowest BCUT2D eigenvalue weighted by atomic mass is 10.1. The minimum Gasteiger partial charge on any atom is -0.486 e. The van der Waals surface area contributed by atoms with Crippen LogP contribution in [0.25, 0.3) is 6.08 Å². The standard InChI is InChI=1S/C23H14Br2Cl2N2O3/c24-15-3-1-13(2-4-15)12-32-21-18(25)9-14(10-19(21)27)11-20-22(30)29(23(31)28-20)17-7-5-16(26)6-8-17/h1-11H,12H2,(H,28,31)/b20-11+. The van der Waals surface area contributed by atoms with Crippen LogP contribution < -0.4 is 15.0 Å². The summed E-state index contributed by atoms with van der Waals surface area (Å²) < 4.78 is 7.48. The molecule has 0 aliphatic carbocycles. The van der Waals surface area contributed by atoms with E-state index >= 15 is 0 Å². The summed E-state index contributed by atoms with van der Waals surface area (Å²) in [5.74, 6) is 0.0152. The van der Waals surface area contributed by atoms with Crippen LogP contribution in [0.2, 0.25) is 10.0 Å². The number of carbonyl (C=O) groups is 2. The van der Waals surface area contributed by atoms with E-state index < -0.39 is 11.9 Å². The van der Waals surface area contributed by atoms with Crippen LogP contribution in [0.5, 0.6) is 5.75 Å². The predicted molar refractivity (Wildman–Crippen MR) is 133 cm³/mol. The first-order valence-corrected chi connectivity index (χ1v) is 11.6. The molecule has 1 heterocycles. The summed E-state index contributed by atoms with van der Waals surface area (Å²) in [5, 5.41) is 3.47. The Kier molecular flexibility index (Phi) is 6.90. The summed E-state index contributed by atoms with van der Waals surface area (Å²) in [7, 11) is 0. The highest BCUT2D eigenvalue weighted by Gasteiger charge is 2.34. The number of halogens is 4. The van der Waals surface area contributed by atoms with Gasteiger partial charge in [0.25, 0.3) is 5.91 Å². The van der Waals surface area contributed by atoms with Gasteiger partial charge in [-0.3, -0.25) is 4.79 Å². The summed E-state index contributed by atoms with van der Waals surface area (Å²) in [6.45, 7) is 0.344. The smallest absolute Gasteiger partial charge is 0.333 e. The Labute approximate surface area is 211 Å². The summed E-state index contributed by atoms with van der Waals surface area (Å²) in [6, 6.07) is 17.1. The van der Waals surface area contributed by atoms with Gasteiger partial charge in [0.05, 0.1) is 15.2 Å². The number of anilines is 1. The molecule has 1 N–H and O–H groups in total. The molecule has 1 fully saturated rings. The molecule has 9 heteroatoms. The van der Waals surface area contributed by atoms with Gasteiger partial charge in [-0.1, -0.05) is 51.3 Å². The van der Waals surface area contributed by atoms with E-state index in [1.165, 1.54) is 0 Å². The molecule has 0 radical (unpaired) electrons. The van der Waals surface area contributed by atoms with E-state index in [1.54, 1.807) is 42.5 Å². The molecular formula is C23H14Br2Cl2N2O3. The van der Waals surface area contributed by atoms with Crippen LogP contribution in [0.4, 0.5) is 10.5 Å². The fourth-order valence-corrected chi connectivity index (χ4v) is 4.44. The van der Waals surface area contributed by atoms with Crippen LogP contribution in [0.3, 0.4) is 0 Å². The molecule has 4 rings (SSSR count). The second-order valence-electron chi connectivity index (χ2n) is 6.83. The molecule has 3 aromatic rings. The second-order valence-corrected chi connectivity index (χ2v) is 9.45. The van der Waals surface area contributed by atoms with Crippen LogP contribution >= 0.6 is 55.1 Å². The van der Waals surface area contributed by atoms with Crippen molar-refractivity contribution in [2.24, 2.45) is 0 Å². The molecule has 0 bridgehead atoms. The van der Waals surface area contributed by atoms with E-state index in [9.17, 15) is 9.59 Å². The summed E-state index contributed by atoms with van der Waals surface area (Å²) in [4.78, 5) is 26.2. The monoisotopic (exact) mass is 594 g/mol. The number of urea groups is 1. The molecule has 162 valence electrons. The molecular weight excluding hydrogens is 583 g/mol. The van der Waals surface area contributed by atoms with E-state index in [0.717, 1.165) is 14.9 Å². The molecule has 0 aromatic heterocycles. The molecule has 0 spiro atoms. The Morgan fingerprint density at radius 2 is 1.66 bits per heavy atom. The average Bonchev–Trinajstić information content (AvgIpc) is 3.02. The zero-order chi connectivity index (χ0) is 22.8. The normalized spacial score (nSPS) is 14.8. The van der Waals surface area contributed by atoms with Gasteiger partial charge in [-0.25, -0.2) is 9.69 Å². The van der Waals surface area contributed by atoms with Crippen LogP contribution in [-0.2, 0) is 11.4 Å². The molecule has 3 aromatic carbocycles. The van der Waals surface area contributed by atoms with Crippen molar-refractivity contribution in [2.45, 2.75) is 6.61 Å². The van der Waals surface area contributed by atoms with E-state index in [0.29, 0.717) is 38.1 Å². The molecule has 1 aliphatic rings. The van der Waals surface area contributed by atoms with Crippen LogP contribution in [0.1, 0.15) is 11.1 Å². The lowest BCUT2D eigenvalue weighted by Crippen LogP contribution is -2.30. The van der Waals surface area contributed by atoms with Crippen LogP contribution in [0, 0.1) is 0 Å². The maximum absolute atomic E-state index is 12.8. The maximum Gasteiger partial charge on any atom is 0.333 e. The first-order chi connectivity index (χ1) is 15.3. The van der Waals surface area contributed by atoms with Gasteiger partial charge in [0.1, 0.15) is 12.3 Å². The fourth-order valence-electron chi connectivity index (χ4n) is 3.06. The molecule has 1 aliphatic heterocycles. The van der Waals surface area contributed by atoms with Gasteiger partial charge in [0.15, 0.2) is 5.75 Å². The van der Waals surface area contributed by atoms with E-state index in [4.69, 9.17) is 27.9 Å². The second kappa shape index (κ2) is 9.67. The van der Waals surface area contributed by atoms with Gasteiger partial charge in [-0.2, -0.15) is 0 Å². The Morgan fingerprint density at radius 3 is 2.31 bits per heavy atom. The molecule has 1 saturated heterocycles. The Bertz CT molecular complexity index is 1210. The average molecular weight is 597 g/mol. The van der Waals surface area contributed by atoms with Crippen molar-refractivity contribution in [2.75, 3.05) is 4.90 Å². The first-order valence-electron chi connectivity index (χ1n) is 9.31. The number of ether oxygens (including phenoxy) is 1. The number of amides is 3. The summed E-state index contributed by atoms with van der Waals surface area (Å²) >= 11 is 19.2. The molecule has 32 heavy (non-hydrogen) atoms. The first kappa shape index (κ1) is 22.9. The lowest BCUT2D eigenvalue weighted by molar-refractivity contribution is -0.113. The number of nitrogens with zero attached hydrogens (tertiary/aromatic N) is 1. The zero-order valence-electron chi connectivity index (χ0n) is 16.2. The quantitative estimate of drug-likeness (QED) is 0.250. The van der Waals surface area contributed by atoms with Gasteiger partial charge in [0, 0.05) is 9.50 Å². The van der Waals surface area contributed by atoms with Crippen molar-refractivity contribution in [1.29, 1.82) is 0 Å². The number of imide groups is 1. The van der Waals surface area contributed by atoms with E-state index in [1.807, 2.05) is 24.3 Å². The van der Waals surface area contributed by atoms with Crippen molar-refractivity contribution in [3.8, 4) is 5.75 Å². The minimum atomic E-state index is -0.539. The number of nitrogens with one attached hydrogen (secondary N) is 1. The molecule has 0 unspecified atom stereocenters. The van der Waals surface area contributed by atoms with Crippen LogP contribution in [0.15, 0.2) is 75.3 Å². The Hall–Kier alpha value is -2.32. The number of hydrogen-bond donors (Lipinski definition) is 1. The van der Waals surface area contributed by atoms with Gasteiger partial charge in [-0.05, 0) is 81.7 Å². The predicted octanol–water partition coefficient (Wildman–Crippen LogP) is 7.19. The highest BCUT2D eigenvalue weighted by atomic mass is 79.9. The third-order valence-corrected chi connectivity index (χ3v) is 6.24. The molecule has 0 atom stereocenters. The Balaban J connectivity index is 1.54. The van der Waals surface area contributed by atoms with Crippen molar-refractivity contribution in [1.82, 2.24) is 5.32 Å². The topological polar surface area (TPSA) is 58.6 Å². The van der Waals surface area contributed by atoms with E-state index in [2.05, 4.69) is 37.2 Å². The van der Waals surface area contributed by atoms with Gasteiger partial charge in [0.2, 0.25) is 0 Å². The summed E-state index contributed by atoms with van der Waals surface area (Å²) in [5.41, 5.74) is 2.18. The SMILES string of the molecule is O=C1N/C(=C/c2cc(Cl)c(OCc3ccc(Br)cc3)c(Br)c2)C(=O)N1c1ccc(Cl)cc1. The number of carbonyl (C=O) groups excluding carboxylic acids is 2. The highest BCUT2D eigenvalue weighted by Crippen LogP contribution is 2.36. The van der Waals surface area contributed by atoms with Crippen LogP contribution in [-0.4, -0.2) is 11.9 Å². The minimum absolute atomic E-state index is 0.136. The van der Waals surface area contributed by atoms with Crippen molar-refractivity contribution in [3.05, 3.63) is 96.5 Å². The van der Waals surface area contributed by atoms with Crippen molar-refractivity contribution >= 4 is 78.8 Å². The number of rotatable bonds is 5. The van der Waals surface area contributed by atoms with Crippen molar-refractivity contribution in [3.63, 3.8) is 0 Å². The zero-order valence-corrected chi connectivity index (χ0v) is 20.9. The molecule has 3 amide bonds. The summed E-state index contributed by atoms with van der Waals surface area (Å²) in [6.07, 6.45) is 1.56. The third kappa shape index (κ3) is 5.02. The van der Waals surface area contributed by atoms with E-state index in [-0.39, 0.29) is 5.70 Å². The van der Waals surface area contributed by atoms with Gasteiger partial charge >= 0.3 is 6.03 Å². The highest BCUT2D eigenvalue weighted by molar-refractivity contribution is 9.10. The molecule has 5 nitrogen and oxygen atoms in total.